The van der Waals surface area contributed by atoms with Crippen molar-refractivity contribution in [3.05, 3.63) is 55.9 Å². The van der Waals surface area contributed by atoms with Gasteiger partial charge in [-0.2, -0.15) is 0 Å². The van der Waals surface area contributed by atoms with Crippen molar-refractivity contribution in [1.82, 2.24) is 0 Å². The van der Waals surface area contributed by atoms with Gasteiger partial charge in [-0.25, -0.2) is 0 Å². The Morgan fingerprint density at radius 1 is 0.524 bits per heavy atom. The van der Waals surface area contributed by atoms with Gasteiger partial charge in [0.25, 0.3) is 0 Å². The zero-order chi connectivity index (χ0) is 15.0. The first-order valence-electron chi connectivity index (χ1n) is 6.94. The van der Waals surface area contributed by atoms with E-state index in [1.807, 2.05) is 34.0 Å². The lowest BCUT2D eigenvalue weighted by atomic mass is 10.2. The van der Waals surface area contributed by atoms with Crippen LogP contribution in [0.1, 0.15) is 19.5 Å². The molecule has 4 aromatic rings. The van der Waals surface area contributed by atoms with E-state index in [1.165, 1.54) is 39.7 Å². The van der Waals surface area contributed by atoms with E-state index < -0.39 is 0 Å². The van der Waals surface area contributed by atoms with Gasteiger partial charge in [-0.15, -0.1) is 34.0 Å². The fourth-order valence-electron chi connectivity index (χ4n) is 2.39. The lowest BCUT2D eigenvalue weighted by Crippen LogP contribution is -1.62. The molecule has 0 aliphatic heterocycles. The van der Waals surface area contributed by atoms with E-state index in [4.69, 9.17) is 0 Å². The standard InChI is InChI=1S/C12H10S2.C6H8S/c1-7-3-9-5-12-10(4-8(2)14-12)6-11(9)13-7;1-5-3-4-6(2)7-5/h3-6H,1-2H3;3-4H,1-2H3. The van der Waals surface area contributed by atoms with Crippen LogP contribution in [-0.4, -0.2) is 0 Å². The summed E-state index contributed by atoms with van der Waals surface area (Å²) in [5, 5.41) is 2.78. The van der Waals surface area contributed by atoms with E-state index in [1.54, 1.807) is 0 Å². The van der Waals surface area contributed by atoms with Gasteiger partial charge in [-0.3, -0.25) is 0 Å². The molecule has 0 aliphatic carbocycles. The van der Waals surface area contributed by atoms with E-state index in [-0.39, 0.29) is 0 Å². The fourth-order valence-corrected chi connectivity index (χ4v) is 5.08. The van der Waals surface area contributed by atoms with E-state index >= 15 is 0 Å². The predicted molar refractivity (Wildman–Crippen MR) is 100 cm³/mol. The summed E-state index contributed by atoms with van der Waals surface area (Å²) in [6, 6.07) is 13.4. The number of hydrogen-bond acceptors (Lipinski definition) is 3. The summed E-state index contributed by atoms with van der Waals surface area (Å²) in [4.78, 5) is 5.60. The average molecular weight is 331 g/mol. The number of hydrogen-bond donors (Lipinski definition) is 0. The van der Waals surface area contributed by atoms with E-state index in [9.17, 15) is 0 Å². The maximum atomic E-state index is 2.31. The second-order valence-electron chi connectivity index (χ2n) is 5.30. The SMILES string of the molecule is Cc1cc2cc3sc(C)cc3cc2s1.Cc1ccc(C)s1. The smallest absolute Gasteiger partial charge is 0.0352 e. The van der Waals surface area contributed by atoms with Gasteiger partial charge in [0, 0.05) is 28.9 Å². The fraction of sp³-hybridized carbons (Fsp3) is 0.222. The van der Waals surface area contributed by atoms with Crippen molar-refractivity contribution in [2.24, 2.45) is 0 Å². The van der Waals surface area contributed by atoms with Gasteiger partial charge in [0.05, 0.1) is 0 Å². The molecule has 21 heavy (non-hydrogen) atoms. The Morgan fingerprint density at radius 2 is 0.952 bits per heavy atom. The molecule has 0 aliphatic rings. The summed E-state index contributed by atoms with van der Waals surface area (Å²) >= 11 is 5.60. The summed E-state index contributed by atoms with van der Waals surface area (Å²) in [6.07, 6.45) is 0. The van der Waals surface area contributed by atoms with Crippen LogP contribution >= 0.6 is 34.0 Å². The molecule has 0 radical (unpaired) electrons. The van der Waals surface area contributed by atoms with Crippen LogP contribution in [-0.2, 0) is 0 Å². The first-order chi connectivity index (χ1) is 10.0. The molecule has 3 heterocycles. The Bertz CT molecular complexity index is 771. The van der Waals surface area contributed by atoms with Crippen molar-refractivity contribution in [2.45, 2.75) is 27.7 Å². The van der Waals surface area contributed by atoms with Crippen molar-refractivity contribution >= 4 is 54.2 Å². The zero-order valence-electron chi connectivity index (χ0n) is 12.7. The first kappa shape index (κ1) is 14.8. The van der Waals surface area contributed by atoms with Crippen LogP contribution in [0.5, 0.6) is 0 Å². The van der Waals surface area contributed by atoms with Crippen molar-refractivity contribution in [2.75, 3.05) is 0 Å². The molecule has 0 fully saturated rings. The van der Waals surface area contributed by atoms with E-state index in [0.29, 0.717) is 0 Å². The number of rotatable bonds is 0. The van der Waals surface area contributed by atoms with E-state index in [2.05, 4.69) is 64.1 Å². The highest BCUT2D eigenvalue weighted by atomic mass is 32.1. The quantitative estimate of drug-likeness (QED) is 0.322. The topological polar surface area (TPSA) is 0 Å². The Hall–Kier alpha value is -1.16. The van der Waals surface area contributed by atoms with Crippen molar-refractivity contribution in [3.8, 4) is 0 Å². The summed E-state index contributed by atoms with van der Waals surface area (Å²) in [7, 11) is 0. The minimum absolute atomic E-state index is 1.39. The van der Waals surface area contributed by atoms with Gasteiger partial charge in [0.2, 0.25) is 0 Å². The highest BCUT2D eigenvalue weighted by molar-refractivity contribution is 7.20. The molecule has 0 spiro atoms. The molecule has 1 aromatic carbocycles. The molecule has 0 nitrogen and oxygen atoms in total. The maximum absolute atomic E-state index is 2.31. The minimum atomic E-state index is 1.39. The number of thiophene rings is 3. The van der Waals surface area contributed by atoms with Crippen LogP contribution in [0, 0.1) is 27.7 Å². The molecular weight excluding hydrogens is 312 g/mol. The third-order valence-electron chi connectivity index (χ3n) is 3.28. The molecule has 3 aromatic heterocycles. The maximum Gasteiger partial charge on any atom is 0.0352 e. The Balaban J connectivity index is 0.000000160. The normalized spacial score (nSPS) is 10.9. The zero-order valence-corrected chi connectivity index (χ0v) is 15.1. The molecule has 3 heteroatoms. The molecule has 0 bridgehead atoms. The highest BCUT2D eigenvalue weighted by Gasteiger charge is 2.03. The van der Waals surface area contributed by atoms with Crippen LogP contribution in [0.25, 0.3) is 20.2 Å². The first-order valence-corrected chi connectivity index (χ1v) is 9.39. The second kappa shape index (κ2) is 5.91. The second-order valence-corrected chi connectivity index (χ2v) is 9.37. The Labute approximate surface area is 137 Å². The van der Waals surface area contributed by atoms with Crippen LogP contribution in [0.4, 0.5) is 0 Å². The number of benzene rings is 1. The van der Waals surface area contributed by atoms with Gasteiger partial charge < -0.3 is 0 Å². The average Bonchev–Trinajstić information content (AvgIpc) is 3.04. The molecule has 108 valence electrons. The number of aryl methyl sites for hydroxylation is 4. The lowest BCUT2D eigenvalue weighted by molar-refractivity contribution is 1.61. The molecule has 0 saturated heterocycles. The van der Waals surface area contributed by atoms with Crippen molar-refractivity contribution < 1.29 is 0 Å². The highest BCUT2D eigenvalue weighted by Crippen LogP contribution is 2.33. The lowest BCUT2D eigenvalue weighted by Gasteiger charge is -1.89. The molecule has 0 unspecified atom stereocenters. The molecular formula is C18H18S3. The Morgan fingerprint density at radius 3 is 1.29 bits per heavy atom. The van der Waals surface area contributed by atoms with Gasteiger partial charge in [-0.1, -0.05) is 0 Å². The molecule has 0 saturated carbocycles. The van der Waals surface area contributed by atoms with Gasteiger partial charge in [0.15, 0.2) is 0 Å². The Kier molecular flexibility index (Phi) is 4.16. The van der Waals surface area contributed by atoms with Gasteiger partial charge in [-0.05, 0) is 74.9 Å². The summed E-state index contributed by atoms with van der Waals surface area (Å²) in [5.41, 5.74) is 0. The summed E-state index contributed by atoms with van der Waals surface area (Å²) in [6.45, 7) is 8.59. The van der Waals surface area contributed by atoms with Crippen LogP contribution < -0.4 is 0 Å². The summed E-state index contributed by atoms with van der Waals surface area (Å²) in [5.74, 6) is 0. The van der Waals surface area contributed by atoms with Crippen LogP contribution in [0.2, 0.25) is 0 Å². The predicted octanol–water partition coefficient (Wildman–Crippen LogP) is 7.10. The van der Waals surface area contributed by atoms with Crippen molar-refractivity contribution in [1.29, 1.82) is 0 Å². The third-order valence-corrected chi connectivity index (χ3v) is 6.22. The van der Waals surface area contributed by atoms with Gasteiger partial charge >= 0.3 is 0 Å². The molecule has 0 atom stereocenters. The van der Waals surface area contributed by atoms with E-state index in [0.717, 1.165) is 0 Å². The largest absolute Gasteiger partial charge is 0.146 e. The third kappa shape index (κ3) is 3.37. The molecule has 0 amide bonds. The minimum Gasteiger partial charge on any atom is -0.146 e. The monoisotopic (exact) mass is 330 g/mol. The number of fused-ring (bicyclic) bond motifs is 2. The van der Waals surface area contributed by atoms with Crippen LogP contribution in [0.3, 0.4) is 0 Å². The molecule has 0 N–H and O–H groups in total. The van der Waals surface area contributed by atoms with Crippen molar-refractivity contribution in [3.63, 3.8) is 0 Å². The van der Waals surface area contributed by atoms with Crippen LogP contribution in [0.15, 0.2) is 36.4 Å². The van der Waals surface area contributed by atoms with Gasteiger partial charge in [0.1, 0.15) is 0 Å². The summed E-state index contributed by atoms with van der Waals surface area (Å²) < 4.78 is 2.82. The molecule has 4 rings (SSSR count).